The Balaban J connectivity index is 3.04. The highest BCUT2D eigenvalue weighted by molar-refractivity contribution is 9.11. The highest BCUT2D eigenvalue weighted by Crippen LogP contribution is 2.25. The van der Waals surface area contributed by atoms with Gasteiger partial charge >= 0.3 is 0 Å². The van der Waals surface area contributed by atoms with E-state index in [1.54, 1.807) is 0 Å². The Morgan fingerprint density at radius 3 is 2.88 bits per heavy atom. The van der Waals surface area contributed by atoms with E-state index in [-0.39, 0.29) is 11.3 Å². The second-order valence-corrected chi connectivity index (χ2v) is 4.09. The predicted octanol–water partition coefficient (Wildman–Crippen LogP) is 2.79. The van der Waals surface area contributed by atoms with Crippen molar-refractivity contribution < 1.29 is 4.92 Å². The van der Waals surface area contributed by atoms with Gasteiger partial charge in [-0.2, -0.15) is 5.26 Å². The van der Waals surface area contributed by atoms with E-state index in [1.807, 2.05) is 6.07 Å². The number of anilines is 1. The van der Waals surface area contributed by atoms with Crippen molar-refractivity contribution in [2.24, 2.45) is 0 Å². The molecule has 82 valence electrons. The van der Waals surface area contributed by atoms with E-state index in [4.69, 9.17) is 5.26 Å². The quantitative estimate of drug-likeness (QED) is 0.680. The van der Waals surface area contributed by atoms with E-state index in [0.29, 0.717) is 16.7 Å². The third-order valence-corrected chi connectivity index (χ3v) is 2.07. The Morgan fingerprint density at radius 2 is 2.38 bits per heavy atom. The van der Waals surface area contributed by atoms with E-state index in [1.165, 1.54) is 18.2 Å². The molecule has 16 heavy (non-hydrogen) atoms. The predicted molar refractivity (Wildman–Crippen MR) is 64.4 cm³/mol. The van der Waals surface area contributed by atoms with Crippen LogP contribution in [0.15, 0.2) is 29.3 Å². The Bertz CT molecular complexity index is 479. The molecule has 0 unspecified atom stereocenters. The summed E-state index contributed by atoms with van der Waals surface area (Å²) >= 11 is 3.14. The summed E-state index contributed by atoms with van der Waals surface area (Å²) in [5, 5.41) is 22.2. The first-order valence-electron chi connectivity index (χ1n) is 4.30. The fourth-order valence-electron chi connectivity index (χ4n) is 1.09. The van der Waals surface area contributed by atoms with Crippen molar-refractivity contribution in [3.05, 3.63) is 44.9 Å². The number of benzene rings is 1. The van der Waals surface area contributed by atoms with Crippen LogP contribution in [0, 0.1) is 21.4 Å². The minimum atomic E-state index is -0.528. The normalized spacial score (nSPS) is 9.25. The molecular weight excluding hydrogens is 274 g/mol. The summed E-state index contributed by atoms with van der Waals surface area (Å²) in [6, 6.07) is 6.12. The monoisotopic (exact) mass is 281 g/mol. The van der Waals surface area contributed by atoms with E-state index >= 15 is 0 Å². The summed E-state index contributed by atoms with van der Waals surface area (Å²) in [4.78, 5) is 10.2. The van der Waals surface area contributed by atoms with Gasteiger partial charge in [0.2, 0.25) is 0 Å². The van der Waals surface area contributed by atoms with Gasteiger partial charge < -0.3 is 5.32 Å². The second kappa shape index (κ2) is 5.28. The first kappa shape index (κ1) is 12.2. The topological polar surface area (TPSA) is 79.0 Å². The smallest absolute Gasteiger partial charge is 0.293 e. The van der Waals surface area contributed by atoms with Gasteiger partial charge in [0.25, 0.3) is 5.69 Å². The zero-order valence-corrected chi connectivity index (χ0v) is 9.82. The van der Waals surface area contributed by atoms with Crippen LogP contribution in [-0.2, 0) is 0 Å². The van der Waals surface area contributed by atoms with Gasteiger partial charge in [-0.05, 0) is 12.1 Å². The summed E-state index contributed by atoms with van der Waals surface area (Å²) in [6.45, 7) is 3.99. The molecule has 1 N–H and O–H groups in total. The third kappa shape index (κ3) is 3.07. The minimum Gasteiger partial charge on any atom is -0.375 e. The lowest BCUT2D eigenvalue weighted by Crippen LogP contribution is -2.04. The number of rotatable bonds is 4. The van der Waals surface area contributed by atoms with Crippen LogP contribution in [0.3, 0.4) is 0 Å². The molecule has 0 fully saturated rings. The molecule has 0 heterocycles. The molecule has 1 aromatic rings. The van der Waals surface area contributed by atoms with Crippen molar-refractivity contribution in [2.75, 3.05) is 11.9 Å². The number of nitriles is 1. The minimum absolute atomic E-state index is 0.118. The zero-order valence-electron chi connectivity index (χ0n) is 8.24. The van der Waals surface area contributed by atoms with Crippen LogP contribution in [-0.4, -0.2) is 11.5 Å². The number of nitro benzene ring substituents is 1. The molecule has 1 rings (SSSR count). The van der Waals surface area contributed by atoms with Gasteiger partial charge in [0.1, 0.15) is 5.69 Å². The molecule has 0 bridgehead atoms. The van der Waals surface area contributed by atoms with Gasteiger partial charge in [-0.25, -0.2) is 0 Å². The second-order valence-electron chi connectivity index (χ2n) is 2.97. The highest BCUT2D eigenvalue weighted by atomic mass is 79.9. The highest BCUT2D eigenvalue weighted by Gasteiger charge is 2.14. The van der Waals surface area contributed by atoms with Gasteiger partial charge in [-0.15, -0.1) is 0 Å². The van der Waals surface area contributed by atoms with Crippen molar-refractivity contribution in [3.8, 4) is 6.07 Å². The van der Waals surface area contributed by atoms with Gasteiger partial charge in [0.05, 0.1) is 16.6 Å². The van der Waals surface area contributed by atoms with E-state index in [2.05, 4.69) is 27.8 Å². The van der Waals surface area contributed by atoms with Crippen LogP contribution >= 0.6 is 15.9 Å². The average Bonchev–Trinajstić information content (AvgIpc) is 2.25. The van der Waals surface area contributed by atoms with Gasteiger partial charge in [0.15, 0.2) is 0 Å². The zero-order chi connectivity index (χ0) is 12.1. The number of hydrogen-bond acceptors (Lipinski definition) is 4. The SMILES string of the molecule is C=C(Br)CNc1ccc(C#N)cc1[N+](=O)[O-]. The summed E-state index contributed by atoms with van der Waals surface area (Å²) in [5.74, 6) is 0. The average molecular weight is 282 g/mol. The molecule has 0 aliphatic heterocycles. The largest absolute Gasteiger partial charge is 0.375 e. The molecule has 0 atom stereocenters. The van der Waals surface area contributed by atoms with Crippen molar-refractivity contribution in [3.63, 3.8) is 0 Å². The van der Waals surface area contributed by atoms with Crippen molar-refractivity contribution in [2.45, 2.75) is 0 Å². The molecular formula is C10H8BrN3O2. The van der Waals surface area contributed by atoms with E-state index < -0.39 is 4.92 Å². The molecule has 0 spiro atoms. The molecule has 0 aromatic heterocycles. The molecule has 0 amide bonds. The Hall–Kier alpha value is -1.87. The van der Waals surface area contributed by atoms with E-state index in [0.717, 1.165) is 0 Å². The van der Waals surface area contributed by atoms with Crippen LogP contribution < -0.4 is 5.32 Å². The Labute approximate surface area is 101 Å². The lowest BCUT2D eigenvalue weighted by atomic mass is 10.2. The molecule has 1 aromatic carbocycles. The summed E-state index contributed by atoms with van der Waals surface area (Å²) < 4.78 is 0.686. The van der Waals surface area contributed by atoms with Crippen LogP contribution in [0.5, 0.6) is 0 Å². The van der Waals surface area contributed by atoms with Crippen molar-refractivity contribution >= 4 is 27.3 Å². The van der Waals surface area contributed by atoms with Crippen LogP contribution in [0.25, 0.3) is 0 Å². The summed E-state index contributed by atoms with van der Waals surface area (Å²) in [6.07, 6.45) is 0. The first-order valence-corrected chi connectivity index (χ1v) is 5.09. The van der Waals surface area contributed by atoms with Gasteiger partial charge in [-0.3, -0.25) is 10.1 Å². The van der Waals surface area contributed by atoms with Gasteiger partial charge in [0, 0.05) is 17.1 Å². The molecule has 0 saturated carbocycles. The van der Waals surface area contributed by atoms with Crippen LogP contribution in [0.4, 0.5) is 11.4 Å². The fourth-order valence-corrected chi connectivity index (χ4v) is 1.23. The lowest BCUT2D eigenvalue weighted by Gasteiger charge is -2.05. The number of hydrogen-bond donors (Lipinski definition) is 1. The summed E-state index contributed by atoms with van der Waals surface area (Å²) in [7, 11) is 0. The Kier molecular flexibility index (Phi) is 4.03. The van der Waals surface area contributed by atoms with Gasteiger partial charge in [-0.1, -0.05) is 22.5 Å². The fraction of sp³-hybridized carbons (Fsp3) is 0.100. The standard InChI is InChI=1S/C10H8BrN3O2/c1-7(11)6-13-9-3-2-8(5-12)4-10(9)14(15)16/h2-4,13H,1,6H2. The maximum Gasteiger partial charge on any atom is 0.293 e. The molecule has 0 saturated heterocycles. The number of halogens is 1. The molecule has 0 aliphatic carbocycles. The van der Waals surface area contributed by atoms with Crippen LogP contribution in [0.2, 0.25) is 0 Å². The molecule has 6 heteroatoms. The summed E-state index contributed by atoms with van der Waals surface area (Å²) in [5.41, 5.74) is 0.507. The Morgan fingerprint density at radius 1 is 1.69 bits per heavy atom. The lowest BCUT2D eigenvalue weighted by molar-refractivity contribution is -0.384. The van der Waals surface area contributed by atoms with Crippen molar-refractivity contribution in [1.82, 2.24) is 0 Å². The molecule has 0 aliphatic rings. The number of nitro groups is 1. The van der Waals surface area contributed by atoms with Crippen molar-refractivity contribution in [1.29, 1.82) is 5.26 Å². The molecule has 0 radical (unpaired) electrons. The van der Waals surface area contributed by atoms with E-state index in [9.17, 15) is 10.1 Å². The maximum atomic E-state index is 10.8. The number of nitrogens with one attached hydrogen (secondary N) is 1. The van der Waals surface area contributed by atoms with Crippen LogP contribution in [0.1, 0.15) is 5.56 Å². The third-order valence-electron chi connectivity index (χ3n) is 1.79. The molecule has 5 nitrogen and oxygen atoms in total. The first-order chi connectivity index (χ1) is 7.54. The maximum absolute atomic E-state index is 10.8. The number of nitrogens with zero attached hydrogens (tertiary/aromatic N) is 2.